The van der Waals surface area contributed by atoms with E-state index >= 15 is 0 Å². The van der Waals surface area contributed by atoms with Crippen LogP contribution in [-0.4, -0.2) is 50.7 Å². The molecule has 3 N–H and O–H groups in total. The highest BCUT2D eigenvalue weighted by Crippen LogP contribution is 2.25. The number of carbonyl (C=O) groups is 1. The summed E-state index contributed by atoms with van der Waals surface area (Å²) >= 11 is 6.39. The number of hydrogen-bond acceptors (Lipinski definition) is 6. The van der Waals surface area contributed by atoms with Gasteiger partial charge in [-0.3, -0.25) is 9.48 Å². The summed E-state index contributed by atoms with van der Waals surface area (Å²) in [5, 5.41) is 8.30. The zero-order chi connectivity index (χ0) is 25.4. The lowest BCUT2D eigenvalue weighted by molar-refractivity contribution is -0.119. The van der Waals surface area contributed by atoms with E-state index in [0.717, 1.165) is 48.4 Å². The third-order valence-electron chi connectivity index (χ3n) is 6.32. The van der Waals surface area contributed by atoms with Crippen molar-refractivity contribution in [1.82, 2.24) is 24.6 Å². The molecule has 1 aliphatic rings. The lowest BCUT2D eigenvalue weighted by atomic mass is 9.92. The molecule has 1 unspecified atom stereocenters. The molecule has 4 rings (SSSR count). The molecule has 0 saturated carbocycles. The van der Waals surface area contributed by atoms with Crippen LogP contribution in [0.4, 0.5) is 11.6 Å². The third kappa shape index (κ3) is 7.02. The second kappa shape index (κ2) is 12.7. The quantitative estimate of drug-likeness (QED) is 0.466. The molecule has 1 aliphatic heterocycles. The number of halogens is 1. The van der Waals surface area contributed by atoms with Crippen LogP contribution in [0.2, 0.25) is 5.02 Å². The van der Waals surface area contributed by atoms with Crippen LogP contribution in [0.1, 0.15) is 62.4 Å². The standard InChI is InChI=1S/C24H30ClN7O.C2H6/c1-16(23(26)33)20-6-4-3-5-17(20)7-8-22-21(25)14-27-24(30-22)29-18-13-28-32(15-18)19-9-11-31(2)12-10-19;1-2/h3-6,13-16,19H,7-12H2,1-2H3,(H2,26,33)(H,27,29,30);1-2H3. The van der Waals surface area contributed by atoms with E-state index in [1.807, 2.05) is 55.9 Å². The first-order valence-corrected chi connectivity index (χ1v) is 12.7. The van der Waals surface area contributed by atoms with E-state index in [1.54, 1.807) is 12.4 Å². The van der Waals surface area contributed by atoms with Crippen molar-refractivity contribution in [1.29, 1.82) is 0 Å². The Bertz CT molecular complexity index is 1110. The van der Waals surface area contributed by atoms with E-state index in [1.165, 1.54) is 0 Å². The Morgan fingerprint density at radius 3 is 2.63 bits per heavy atom. The lowest BCUT2D eigenvalue weighted by Crippen LogP contribution is -2.31. The van der Waals surface area contributed by atoms with Crippen LogP contribution >= 0.6 is 11.6 Å². The molecule has 35 heavy (non-hydrogen) atoms. The molecule has 9 heteroatoms. The van der Waals surface area contributed by atoms with Crippen LogP contribution in [-0.2, 0) is 17.6 Å². The number of nitrogens with two attached hydrogens (primary N) is 1. The Balaban J connectivity index is 0.00000167. The molecule has 0 spiro atoms. The first-order chi connectivity index (χ1) is 16.9. The van der Waals surface area contributed by atoms with Crippen molar-refractivity contribution in [2.24, 2.45) is 5.73 Å². The van der Waals surface area contributed by atoms with E-state index in [-0.39, 0.29) is 11.8 Å². The van der Waals surface area contributed by atoms with Gasteiger partial charge in [0, 0.05) is 6.20 Å². The molecule has 1 fully saturated rings. The van der Waals surface area contributed by atoms with Crippen LogP contribution in [0.5, 0.6) is 0 Å². The largest absolute Gasteiger partial charge is 0.369 e. The number of amides is 1. The number of aromatic nitrogens is 4. The van der Waals surface area contributed by atoms with Gasteiger partial charge in [0.25, 0.3) is 0 Å². The van der Waals surface area contributed by atoms with Gasteiger partial charge in [0.05, 0.1) is 40.8 Å². The summed E-state index contributed by atoms with van der Waals surface area (Å²) < 4.78 is 2.03. The summed E-state index contributed by atoms with van der Waals surface area (Å²) in [6, 6.07) is 8.26. The Kier molecular flexibility index (Phi) is 9.63. The van der Waals surface area contributed by atoms with Gasteiger partial charge in [0.15, 0.2) is 0 Å². The summed E-state index contributed by atoms with van der Waals surface area (Å²) in [6.07, 6.45) is 8.92. The van der Waals surface area contributed by atoms with Gasteiger partial charge in [-0.2, -0.15) is 5.10 Å². The van der Waals surface area contributed by atoms with E-state index in [9.17, 15) is 4.79 Å². The van der Waals surface area contributed by atoms with Crippen LogP contribution in [0.3, 0.4) is 0 Å². The van der Waals surface area contributed by atoms with E-state index in [2.05, 4.69) is 32.3 Å². The lowest BCUT2D eigenvalue weighted by Gasteiger charge is -2.28. The number of carbonyl (C=O) groups excluding carboxylic acids is 1. The van der Waals surface area contributed by atoms with Crippen molar-refractivity contribution in [3.05, 3.63) is 64.7 Å². The topological polar surface area (TPSA) is 102 Å². The Morgan fingerprint density at radius 1 is 1.20 bits per heavy atom. The average molecular weight is 498 g/mol. The summed E-state index contributed by atoms with van der Waals surface area (Å²) in [5.74, 6) is -0.202. The molecular formula is C26H36ClN7O. The van der Waals surface area contributed by atoms with Gasteiger partial charge in [-0.25, -0.2) is 9.97 Å². The molecule has 3 heterocycles. The number of nitrogens with zero attached hydrogens (tertiary/aromatic N) is 5. The second-order valence-corrected chi connectivity index (χ2v) is 9.09. The fourth-order valence-corrected chi connectivity index (χ4v) is 4.41. The van der Waals surface area contributed by atoms with E-state index in [4.69, 9.17) is 17.3 Å². The molecule has 1 atom stereocenters. The van der Waals surface area contributed by atoms with Crippen molar-refractivity contribution in [3.8, 4) is 0 Å². The molecular weight excluding hydrogens is 462 g/mol. The minimum absolute atomic E-state index is 0.338. The number of anilines is 2. The maximum Gasteiger partial charge on any atom is 0.227 e. The minimum atomic E-state index is -0.347. The number of primary amides is 1. The van der Waals surface area contributed by atoms with E-state index < -0.39 is 0 Å². The molecule has 0 bridgehead atoms. The molecule has 188 valence electrons. The van der Waals surface area contributed by atoms with Crippen molar-refractivity contribution in [3.63, 3.8) is 0 Å². The molecule has 0 aliphatic carbocycles. The zero-order valence-corrected chi connectivity index (χ0v) is 21.8. The third-order valence-corrected chi connectivity index (χ3v) is 6.63. The summed E-state index contributed by atoms with van der Waals surface area (Å²) in [6.45, 7) is 7.99. The first-order valence-electron chi connectivity index (χ1n) is 12.3. The Labute approximate surface area is 212 Å². The normalized spacial score (nSPS) is 15.2. The fourth-order valence-electron chi connectivity index (χ4n) is 4.22. The summed E-state index contributed by atoms with van der Waals surface area (Å²) in [7, 11) is 2.15. The fraction of sp³-hybridized carbons (Fsp3) is 0.462. The molecule has 2 aromatic heterocycles. The smallest absolute Gasteiger partial charge is 0.227 e. The van der Waals surface area contributed by atoms with Crippen molar-refractivity contribution in [2.45, 2.75) is 58.4 Å². The molecule has 0 radical (unpaired) electrons. The molecule has 1 amide bonds. The number of aryl methyl sites for hydroxylation is 2. The van der Waals surface area contributed by atoms with Crippen LogP contribution in [0.15, 0.2) is 42.9 Å². The minimum Gasteiger partial charge on any atom is -0.369 e. The summed E-state index contributed by atoms with van der Waals surface area (Å²) in [4.78, 5) is 23.0. The zero-order valence-electron chi connectivity index (χ0n) is 21.0. The van der Waals surface area contributed by atoms with Crippen LogP contribution in [0, 0.1) is 0 Å². The number of rotatable bonds is 8. The molecule has 1 saturated heterocycles. The maximum atomic E-state index is 11.7. The van der Waals surface area contributed by atoms with Crippen LogP contribution in [0.25, 0.3) is 0 Å². The van der Waals surface area contributed by atoms with E-state index in [0.29, 0.717) is 29.9 Å². The first kappa shape index (κ1) is 26.6. The second-order valence-electron chi connectivity index (χ2n) is 8.68. The number of benzene rings is 1. The Morgan fingerprint density at radius 2 is 1.91 bits per heavy atom. The number of piperidine rings is 1. The average Bonchev–Trinajstić information content (AvgIpc) is 3.34. The highest BCUT2D eigenvalue weighted by Gasteiger charge is 2.19. The van der Waals surface area contributed by atoms with Crippen LogP contribution < -0.4 is 11.1 Å². The number of hydrogen-bond donors (Lipinski definition) is 2. The van der Waals surface area contributed by atoms with Crippen molar-refractivity contribution in [2.75, 3.05) is 25.5 Å². The molecule has 1 aromatic carbocycles. The Hall–Kier alpha value is -2.97. The predicted molar refractivity (Wildman–Crippen MR) is 141 cm³/mol. The van der Waals surface area contributed by atoms with Gasteiger partial charge in [-0.1, -0.05) is 49.7 Å². The predicted octanol–water partition coefficient (Wildman–Crippen LogP) is 4.74. The van der Waals surface area contributed by atoms with Gasteiger partial charge in [0.1, 0.15) is 0 Å². The van der Waals surface area contributed by atoms with Gasteiger partial charge >= 0.3 is 0 Å². The summed E-state index contributed by atoms with van der Waals surface area (Å²) in [5.41, 5.74) is 9.12. The van der Waals surface area contributed by atoms with Crippen molar-refractivity contribution < 1.29 is 4.79 Å². The van der Waals surface area contributed by atoms with Gasteiger partial charge in [-0.15, -0.1) is 0 Å². The highest BCUT2D eigenvalue weighted by molar-refractivity contribution is 6.31. The number of nitrogens with one attached hydrogen (secondary N) is 1. The maximum absolute atomic E-state index is 11.7. The van der Waals surface area contributed by atoms with Gasteiger partial charge in [0.2, 0.25) is 11.9 Å². The SMILES string of the molecule is CC.CC(C(N)=O)c1ccccc1CCc1nc(Nc2cnn(C3CCN(C)CC3)c2)ncc1Cl. The molecule has 8 nitrogen and oxygen atoms in total. The number of likely N-dealkylation sites (tertiary alicyclic amines) is 1. The monoisotopic (exact) mass is 497 g/mol. The van der Waals surface area contributed by atoms with Gasteiger partial charge < -0.3 is 16.0 Å². The van der Waals surface area contributed by atoms with Crippen molar-refractivity contribution >= 4 is 29.1 Å². The van der Waals surface area contributed by atoms with Gasteiger partial charge in [-0.05, 0) is 63.9 Å². The molecule has 3 aromatic rings. The highest BCUT2D eigenvalue weighted by atomic mass is 35.5.